The van der Waals surface area contributed by atoms with Gasteiger partial charge in [0.25, 0.3) is 0 Å². The average molecular weight is 368 g/mol. The minimum Gasteiger partial charge on any atom is -0.455 e. The molecule has 1 N–H and O–H groups in total. The molecule has 0 aliphatic rings. The molecule has 0 radical (unpaired) electrons. The lowest BCUT2D eigenvalue weighted by Crippen LogP contribution is -2.20. The van der Waals surface area contributed by atoms with Crippen molar-refractivity contribution in [2.24, 2.45) is 0 Å². The summed E-state index contributed by atoms with van der Waals surface area (Å²) < 4.78 is 7.50. The highest BCUT2D eigenvalue weighted by Gasteiger charge is 2.10. The molecular formula is C20H20N2O3S. The Labute approximate surface area is 155 Å². The third-order valence-corrected chi connectivity index (χ3v) is 4.83. The van der Waals surface area contributed by atoms with Crippen LogP contribution in [0, 0.1) is 13.8 Å². The molecule has 0 bridgehead atoms. The lowest BCUT2D eigenvalue weighted by Gasteiger charge is -2.12. The zero-order valence-electron chi connectivity index (χ0n) is 14.7. The molecule has 0 aliphatic heterocycles. The van der Waals surface area contributed by atoms with Gasteiger partial charge in [-0.25, -0.2) is 0 Å². The van der Waals surface area contributed by atoms with Crippen LogP contribution in [-0.4, -0.2) is 10.5 Å². The molecule has 6 heteroatoms. The van der Waals surface area contributed by atoms with Gasteiger partial charge in [-0.15, -0.1) is 0 Å². The summed E-state index contributed by atoms with van der Waals surface area (Å²) in [7, 11) is 0. The van der Waals surface area contributed by atoms with Crippen molar-refractivity contribution in [2.45, 2.75) is 26.8 Å². The second-order valence-electron chi connectivity index (χ2n) is 6.00. The van der Waals surface area contributed by atoms with Crippen molar-refractivity contribution in [1.29, 1.82) is 0 Å². The number of rotatable bonds is 6. The number of amides is 1. The van der Waals surface area contributed by atoms with E-state index in [0.29, 0.717) is 23.7 Å². The van der Waals surface area contributed by atoms with E-state index >= 15 is 0 Å². The monoisotopic (exact) mass is 368 g/mol. The van der Waals surface area contributed by atoms with E-state index in [9.17, 15) is 9.59 Å². The first-order chi connectivity index (χ1) is 12.5. The van der Waals surface area contributed by atoms with Crippen molar-refractivity contribution in [1.82, 2.24) is 4.57 Å². The van der Waals surface area contributed by atoms with E-state index in [1.54, 1.807) is 16.0 Å². The fraction of sp³-hybridized carbons (Fsp3) is 0.200. The normalized spacial score (nSPS) is 10.5. The maximum Gasteiger partial charge on any atom is 0.307 e. The number of carbonyl (C=O) groups excluding carboxylic acids is 1. The molecule has 0 saturated carbocycles. The number of carbonyl (C=O) groups is 1. The van der Waals surface area contributed by atoms with E-state index in [2.05, 4.69) is 5.32 Å². The molecule has 0 atom stereocenters. The molecule has 2 aromatic carbocycles. The molecule has 134 valence electrons. The Bertz CT molecular complexity index is 958. The number of hydrogen-bond donors (Lipinski definition) is 1. The van der Waals surface area contributed by atoms with Gasteiger partial charge in [-0.05, 0) is 38.1 Å². The highest BCUT2D eigenvalue weighted by atomic mass is 32.1. The van der Waals surface area contributed by atoms with E-state index in [-0.39, 0.29) is 17.2 Å². The Morgan fingerprint density at radius 3 is 2.54 bits per heavy atom. The Hall–Kier alpha value is -2.86. The standard InChI is InChI=1S/C20H20N2O3S/c1-14-7-9-16(10-8-14)25-18-6-4-3-5-17(18)21-19(23)11-12-22-15(2)13-26-20(22)24/h3-10,13H,11-12H2,1-2H3,(H,21,23). The highest BCUT2D eigenvalue weighted by molar-refractivity contribution is 7.07. The molecule has 26 heavy (non-hydrogen) atoms. The zero-order chi connectivity index (χ0) is 18.5. The van der Waals surface area contributed by atoms with E-state index in [4.69, 9.17) is 4.74 Å². The summed E-state index contributed by atoms with van der Waals surface area (Å²) in [5.41, 5.74) is 2.63. The van der Waals surface area contributed by atoms with Gasteiger partial charge < -0.3 is 14.6 Å². The number of para-hydroxylation sites is 2. The van der Waals surface area contributed by atoms with Gasteiger partial charge in [0.15, 0.2) is 5.75 Å². The van der Waals surface area contributed by atoms with Crippen molar-refractivity contribution in [3.8, 4) is 11.5 Å². The van der Waals surface area contributed by atoms with Crippen molar-refractivity contribution in [3.63, 3.8) is 0 Å². The number of benzene rings is 2. The number of nitrogens with zero attached hydrogens (tertiary/aromatic N) is 1. The van der Waals surface area contributed by atoms with Crippen LogP contribution in [0.5, 0.6) is 11.5 Å². The first-order valence-electron chi connectivity index (χ1n) is 8.31. The number of anilines is 1. The van der Waals surface area contributed by atoms with Gasteiger partial charge in [-0.2, -0.15) is 0 Å². The lowest BCUT2D eigenvalue weighted by molar-refractivity contribution is -0.116. The summed E-state index contributed by atoms with van der Waals surface area (Å²) in [4.78, 5) is 24.0. The van der Waals surface area contributed by atoms with Crippen LogP contribution >= 0.6 is 11.3 Å². The van der Waals surface area contributed by atoms with Crippen LogP contribution in [0.1, 0.15) is 17.7 Å². The second-order valence-corrected chi connectivity index (χ2v) is 6.82. The maximum atomic E-state index is 12.3. The molecule has 3 aromatic rings. The number of nitrogens with one attached hydrogen (secondary N) is 1. The lowest BCUT2D eigenvalue weighted by atomic mass is 10.2. The molecule has 0 fully saturated rings. The van der Waals surface area contributed by atoms with Crippen LogP contribution in [0.3, 0.4) is 0 Å². The predicted octanol–water partition coefficient (Wildman–Crippen LogP) is 4.35. The molecule has 0 spiro atoms. The predicted molar refractivity (Wildman–Crippen MR) is 104 cm³/mol. The van der Waals surface area contributed by atoms with Gasteiger partial charge in [-0.1, -0.05) is 41.2 Å². The summed E-state index contributed by atoms with van der Waals surface area (Å²) in [5.74, 6) is 1.12. The van der Waals surface area contributed by atoms with Crippen LogP contribution < -0.4 is 14.9 Å². The van der Waals surface area contributed by atoms with Crippen molar-refractivity contribution in [2.75, 3.05) is 5.32 Å². The molecule has 1 amide bonds. The molecule has 0 aliphatic carbocycles. The largest absolute Gasteiger partial charge is 0.455 e. The van der Waals surface area contributed by atoms with Crippen LogP contribution in [0.4, 0.5) is 5.69 Å². The van der Waals surface area contributed by atoms with Crippen LogP contribution in [0.2, 0.25) is 0 Å². The van der Waals surface area contributed by atoms with Crippen molar-refractivity contribution in [3.05, 3.63) is 74.8 Å². The molecule has 1 heterocycles. The Morgan fingerprint density at radius 1 is 1.12 bits per heavy atom. The molecule has 3 rings (SSSR count). The zero-order valence-corrected chi connectivity index (χ0v) is 15.5. The van der Waals surface area contributed by atoms with Gasteiger partial charge >= 0.3 is 4.87 Å². The van der Waals surface area contributed by atoms with Gasteiger partial charge in [0, 0.05) is 24.0 Å². The summed E-state index contributed by atoms with van der Waals surface area (Å²) in [6, 6.07) is 15.0. The van der Waals surface area contributed by atoms with Crippen LogP contribution in [0.15, 0.2) is 58.7 Å². The fourth-order valence-corrected chi connectivity index (χ4v) is 3.25. The van der Waals surface area contributed by atoms with E-state index < -0.39 is 0 Å². The second kappa shape index (κ2) is 8.01. The first kappa shape index (κ1) is 17.9. The van der Waals surface area contributed by atoms with E-state index in [1.165, 1.54) is 0 Å². The smallest absolute Gasteiger partial charge is 0.307 e. The van der Waals surface area contributed by atoms with Gasteiger partial charge in [0.05, 0.1) is 5.69 Å². The van der Waals surface area contributed by atoms with Crippen molar-refractivity contribution < 1.29 is 9.53 Å². The number of ether oxygens (including phenoxy) is 1. The summed E-state index contributed by atoms with van der Waals surface area (Å²) >= 11 is 1.15. The van der Waals surface area contributed by atoms with Crippen LogP contribution in [-0.2, 0) is 11.3 Å². The Kier molecular flexibility index (Phi) is 5.53. The molecule has 0 saturated heterocycles. The highest BCUT2D eigenvalue weighted by Crippen LogP contribution is 2.29. The third-order valence-electron chi connectivity index (χ3n) is 3.95. The number of hydrogen-bond acceptors (Lipinski definition) is 4. The van der Waals surface area contributed by atoms with Crippen LogP contribution in [0.25, 0.3) is 0 Å². The maximum absolute atomic E-state index is 12.3. The van der Waals surface area contributed by atoms with Gasteiger partial charge in [-0.3, -0.25) is 9.59 Å². The summed E-state index contributed by atoms with van der Waals surface area (Å²) in [6.45, 7) is 4.24. The molecule has 5 nitrogen and oxygen atoms in total. The minimum absolute atomic E-state index is 0.0431. The van der Waals surface area contributed by atoms with E-state index in [0.717, 1.165) is 22.6 Å². The third kappa shape index (κ3) is 4.40. The number of thiazole rings is 1. The van der Waals surface area contributed by atoms with Gasteiger partial charge in [0.2, 0.25) is 5.91 Å². The molecular weight excluding hydrogens is 348 g/mol. The first-order valence-corrected chi connectivity index (χ1v) is 9.19. The number of aromatic nitrogens is 1. The molecule has 0 unspecified atom stereocenters. The topological polar surface area (TPSA) is 60.3 Å². The fourth-order valence-electron chi connectivity index (χ4n) is 2.49. The minimum atomic E-state index is -0.164. The number of aryl methyl sites for hydroxylation is 2. The summed E-state index contributed by atoms with van der Waals surface area (Å²) in [5, 5.41) is 4.66. The van der Waals surface area contributed by atoms with E-state index in [1.807, 2.05) is 56.3 Å². The SMILES string of the molecule is Cc1ccc(Oc2ccccc2NC(=O)CCn2c(C)csc2=O)cc1. The molecule has 1 aromatic heterocycles. The van der Waals surface area contributed by atoms with Crippen molar-refractivity contribution >= 4 is 22.9 Å². The van der Waals surface area contributed by atoms with Gasteiger partial charge in [0.1, 0.15) is 5.75 Å². The summed E-state index contributed by atoms with van der Waals surface area (Å²) in [6.07, 6.45) is 0.219. The Balaban J connectivity index is 1.66. The quantitative estimate of drug-likeness (QED) is 0.704. The Morgan fingerprint density at radius 2 is 1.85 bits per heavy atom. The average Bonchev–Trinajstić information content (AvgIpc) is 2.95.